The first kappa shape index (κ1) is 14.2. The molecular weight excluding hydrogens is 264 g/mol. The van der Waals surface area contributed by atoms with Gasteiger partial charge in [-0.25, -0.2) is 4.79 Å². The quantitative estimate of drug-likeness (QED) is 0.681. The fourth-order valence-corrected chi connectivity index (χ4v) is 2.38. The van der Waals surface area contributed by atoms with E-state index in [1.807, 2.05) is 30.2 Å². The Kier molecular flexibility index (Phi) is 4.26. The fourth-order valence-electron chi connectivity index (χ4n) is 2.38. The molecule has 100 valence electrons. The van der Waals surface area contributed by atoms with Crippen LogP contribution < -0.4 is 0 Å². The van der Waals surface area contributed by atoms with Crippen LogP contribution in [0.15, 0.2) is 48.1 Å². The van der Waals surface area contributed by atoms with Gasteiger partial charge in [0.2, 0.25) is 0 Å². The van der Waals surface area contributed by atoms with E-state index in [1.54, 1.807) is 30.4 Å². The van der Waals surface area contributed by atoms with Crippen molar-refractivity contribution >= 4 is 17.3 Å². The molecule has 0 fully saturated rings. The Morgan fingerprint density at radius 2 is 1.76 bits per heavy atom. The summed E-state index contributed by atoms with van der Waals surface area (Å²) in [5.74, 6) is 1.43. The number of nitrogens with zero attached hydrogens (tertiary/aromatic N) is 2. The van der Waals surface area contributed by atoms with Crippen LogP contribution in [-0.4, -0.2) is 11.7 Å². The van der Waals surface area contributed by atoms with Gasteiger partial charge < -0.3 is 0 Å². The van der Waals surface area contributed by atoms with Gasteiger partial charge in [-0.05, 0) is 17.2 Å². The second kappa shape index (κ2) is 6.30. The minimum Gasteiger partial charge on any atom is -0.293 e. The highest BCUT2D eigenvalue weighted by Crippen LogP contribution is 2.42. The zero-order chi connectivity index (χ0) is 15.2. The van der Waals surface area contributed by atoms with Crippen LogP contribution in [0.1, 0.15) is 22.3 Å². The van der Waals surface area contributed by atoms with Crippen LogP contribution in [0.4, 0.5) is 0 Å². The summed E-state index contributed by atoms with van der Waals surface area (Å²) in [6, 6.07) is 10.8. The third kappa shape index (κ3) is 2.58. The molecule has 0 saturated carbocycles. The van der Waals surface area contributed by atoms with Crippen molar-refractivity contribution in [3.05, 3.63) is 59.2 Å². The van der Waals surface area contributed by atoms with E-state index in [0.717, 1.165) is 11.1 Å². The minimum absolute atomic E-state index is 0. The molecule has 4 nitrogen and oxygen atoms in total. The van der Waals surface area contributed by atoms with Crippen molar-refractivity contribution in [2.24, 2.45) is 5.92 Å². The summed E-state index contributed by atoms with van der Waals surface area (Å²) in [6.07, 6.45) is 5.35. The lowest BCUT2D eigenvalue weighted by molar-refractivity contribution is 0.0973. The summed E-state index contributed by atoms with van der Waals surface area (Å²) in [6.45, 7) is 0. The first-order valence-corrected chi connectivity index (χ1v) is 6.25. The third-order valence-electron chi connectivity index (χ3n) is 3.22. The van der Waals surface area contributed by atoms with Gasteiger partial charge >= 0.3 is 0 Å². The molecule has 1 aromatic rings. The summed E-state index contributed by atoms with van der Waals surface area (Å²) in [5, 5.41) is 15.2. The molecule has 0 saturated heterocycles. The molecule has 0 aliphatic heterocycles. The number of nitriles is 2. The standard InChI is InChI=1S/C14H8O2.C3H2N2/c15-8-9-4-3-7-11-10-5-1-2-6-12(10)14(16)13(9)11;4-2-1-3-5/h1-7,13H;1H2. The van der Waals surface area contributed by atoms with Crippen molar-refractivity contribution in [3.63, 3.8) is 0 Å². The van der Waals surface area contributed by atoms with E-state index in [-0.39, 0.29) is 12.2 Å². The summed E-state index contributed by atoms with van der Waals surface area (Å²) in [7, 11) is 0. The van der Waals surface area contributed by atoms with Gasteiger partial charge in [-0.15, -0.1) is 0 Å². The number of fused-ring (bicyclic) bond motifs is 3. The molecule has 0 spiro atoms. The molecule has 3 rings (SSSR count). The molecule has 2 aliphatic carbocycles. The summed E-state index contributed by atoms with van der Waals surface area (Å²) in [4.78, 5) is 22.9. The molecule has 1 atom stereocenters. The zero-order valence-electron chi connectivity index (χ0n) is 11.0. The molecule has 0 aromatic heterocycles. The molecule has 21 heavy (non-hydrogen) atoms. The molecule has 0 radical (unpaired) electrons. The van der Waals surface area contributed by atoms with E-state index < -0.39 is 5.92 Å². The monoisotopic (exact) mass is 274 g/mol. The lowest BCUT2D eigenvalue weighted by Gasteiger charge is -2.12. The van der Waals surface area contributed by atoms with Gasteiger partial charge in [-0.2, -0.15) is 10.5 Å². The van der Waals surface area contributed by atoms with Crippen LogP contribution in [0.2, 0.25) is 0 Å². The van der Waals surface area contributed by atoms with E-state index in [0.29, 0.717) is 11.1 Å². The lowest BCUT2D eigenvalue weighted by atomic mass is 9.88. The largest absolute Gasteiger partial charge is 0.293 e. The van der Waals surface area contributed by atoms with Crippen LogP contribution in [0, 0.1) is 28.6 Å². The molecule has 1 aromatic carbocycles. The second-order valence-electron chi connectivity index (χ2n) is 4.37. The fraction of sp³-hybridized carbons (Fsp3) is 0.118. The predicted molar refractivity (Wildman–Crippen MR) is 76.4 cm³/mol. The second-order valence-corrected chi connectivity index (χ2v) is 4.37. The topological polar surface area (TPSA) is 81.7 Å². The van der Waals surface area contributed by atoms with E-state index in [4.69, 9.17) is 10.5 Å². The summed E-state index contributed by atoms with van der Waals surface area (Å²) >= 11 is 0. The third-order valence-corrected chi connectivity index (χ3v) is 3.22. The molecule has 1 unspecified atom stereocenters. The number of benzene rings is 1. The van der Waals surface area contributed by atoms with Crippen molar-refractivity contribution in [2.45, 2.75) is 6.42 Å². The van der Waals surface area contributed by atoms with Gasteiger partial charge in [-0.1, -0.05) is 36.4 Å². The molecule has 0 N–H and O–H groups in total. The van der Waals surface area contributed by atoms with Gasteiger partial charge in [0, 0.05) is 5.56 Å². The van der Waals surface area contributed by atoms with Crippen LogP contribution in [0.3, 0.4) is 0 Å². The first-order valence-electron chi connectivity index (χ1n) is 6.25. The molecule has 0 amide bonds. The van der Waals surface area contributed by atoms with Crippen LogP contribution in [0.25, 0.3) is 5.57 Å². The molecule has 0 bridgehead atoms. The van der Waals surface area contributed by atoms with Crippen molar-refractivity contribution in [1.29, 1.82) is 10.5 Å². The molecule has 0 heterocycles. The number of rotatable bonds is 0. The van der Waals surface area contributed by atoms with E-state index in [9.17, 15) is 9.59 Å². The minimum atomic E-state index is -0.431. The molecular formula is C17H10N2O2. The van der Waals surface area contributed by atoms with Crippen LogP contribution >= 0.6 is 0 Å². The normalized spacial score (nSPS) is 17.2. The first-order chi connectivity index (χ1) is 10.2. The Morgan fingerprint density at radius 3 is 2.33 bits per heavy atom. The molecule has 2 aliphatic rings. The van der Waals surface area contributed by atoms with Gasteiger partial charge in [0.25, 0.3) is 0 Å². The number of carbonyl (C=O) groups is 1. The number of hydrogen-bond acceptors (Lipinski definition) is 4. The smallest absolute Gasteiger partial charge is 0.176 e. The average Bonchev–Trinajstić information content (AvgIpc) is 2.83. The number of allylic oxidation sites excluding steroid dienone is 5. The number of ketones is 1. The van der Waals surface area contributed by atoms with Crippen molar-refractivity contribution < 1.29 is 9.59 Å². The zero-order valence-corrected chi connectivity index (χ0v) is 11.0. The van der Waals surface area contributed by atoms with Crippen molar-refractivity contribution in [1.82, 2.24) is 0 Å². The Bertz CT molecular complexity index is 770. The highest BCUT2D eigenvalue weighted by atomic mass is 16.1. The maximum absolute atomic E-state index is 12.1. The van der Waals surface area contributed by atoms with E-state index >= 15 is 0 Å². The number of carbonyl (C=O) groups excluding carboxylic acids is 2. The maximum atomic E-state index is 12.1. The maximum Gasteiger partial charge on any atom is 0.176 e. The van der Waals surface area contributed by atoms with Crippen molar-refractivity contribution in [3.8, 4) is 12.1 Å². The summed E-state index contributed by atoms with van der Waals surface area (Å²) < 4.78 is 0. The van der Waals surface area contributed by atoms with Gasteiger partial charge in [-0.3, -0.25) is 4.79 Å². The Morgan fingerprint density at radius 1 is 1.10 bits per heavy atom. The Labute approximate surface area is 121 Å². The summed E-state index contributed by atoms with van der Waals surface area (Å²) in [5.41, 5.74) is 2.99. The highest BCUT2D eigenvalue weighted by Gasteiger charge is 2.37. The lowest BCUT2D eigenvalue weighted by Crippen LogP contribution is -2.12. The Hall–Kier alpha value is -3.20. The van der Waals surface area contributed by atoms with Gasteiger partial charge in [0.15, 0.2) is 5.78 Å². The Balaban J connectivity index is 0.000000282. The van der Waals surface area contributed by atoms with E-state index in [2.05, 4.69) is 0 Å². The van der Waals surface area contributed by atoms with E-state index in [1.165, 1.54) is 0 Å². The predicted octanol–water partition coefficient (Wildman–Crippen LogP) is 2.63. The van der Waals surface area contributed by atoms with Crippen LogP contribution in [-0.2, 0) is 4.79 Å². The molecule has 4 heteroatoms. The number of hydrogen-bond donors (Lipinski definition) is 0. The van der Waals surface area contributed by atoms with Gasteiger partial charge in [0.1, 0.15) is 12.4 Å². The SMILES string of the molecule is N#CCC#N.O=C=C1C=CC=C2c3ccccc3C(=O)C12. The van der Waals surface area contributed by atoms with Crippen molar-refractivity contribution in [2.75, 3.05) is 0 Å². The average molecular weight is 274 g/mol. The highest BCUT2D eigenvalue weighted by molar-refractivity contribution is 6.17. The van der Waals surface area contributed by atoms with Crippen LogP contribution in [0.5, 0.6) is 0 Å². The number of Topliss-reactive ketones (excluding diaryl/α,β-unsaturated/α-hetero) is 1. The van der Waals surface area contributed by atoms with Gasteiger partial charge in [0.05, 0.1) is 23.6 Å².